The number of rotatable bonds is 1. The Hall–Kier alpha value is -0.963. The van der Waals surface area contributed by atoms with Crippen LogP contribution in [0.1, 0.15) is 5.56 Å². The molecule has 65 valence electrons. The number of benzene rings is 2. The molecule has 0 unspecified atom stereocenters. The molecule has 1 heteroatoms. The third-order valence-electron chi connectivity index (χ3n) is 2.23. The zero-order valence-electron chi connectivity index (χ0n) is 8.70. The Kier molecular flexibility index (Phi) is 4.01. The molecule has 0 spiro atoms. The average molecular weight is 175 g/mol. The fourth-order valence-electron chi connectivity index (χ4n) is 1.51. The molecule has 0 N–H and O–H groups in total. The summed E-state index contributed by atoms with van der Waals surface area (Å²) < 4.78 is 0. The Morgan fingerprint density at radius 1 is 0.714 bits per heavy atom. The van der Waals surface area contributed by atoms with Gasteiger partial charge in [0, 0.05) is 18.9 Å². The fourth-order valence-corrected chi connectivity index (χ4v) is 1.51. The second-order valence-corrected chi connectivity index (χ2v) is 3.18. The molecular weight excluding hydrogens is 163 g/mol. The predicted octanol–water partition coefficient (Wildman–Crippen LogP) is 3.28. The van der Waals surface area contributed by atoms with Crippen molar-refractivity contribution in [2.75, 3.05) is 0 Å². The van der Waals surface area contributed by atoms with Gasteiger partial charge in [0.05, 0.1) is 0 Å². The molecule has 0 fully saturated rings. The Bertz CT molecular complexity index is 393. The second kappa shape index (κ2) is 5.05. The van der Waals surface area contributed by atoms with Gasteiger partial charge in [0.1, 0.15) is 0 Å². The molecule has 2 rings (SSSR count). The summed E-state index contributed by atoms with van der Waals surface area (Å²) in [5.74, 6) is 0. The summed E-state index contributed by atoms with van der Waals surface area (Å²) in [7, 11) is 0. The van der Waals surface area contributed by atoms with Gasteiger partial charge in [-0.05, 0) is 23.6 Å². The first kappa shape index (κ1) is 11.1. The molecule has 0 saturated carbocycles. The van der Waals surface area contributed by atoms with Gasteiger partial charge in [-0.2, -0.15) is 0 Å². The summed E-state index contributed by atoms with van der Waals surface area (Å²) >= 11 is 0. The first-order valence-corrected chi connectivity index (χ1v) is 4.49. The third kappa shape index (κ3) is 2.29. The van der Waals surface area contributed by atoms with E-state index in [1.54, 1.807) is 0 Å². The smallest absolute Gasteiger partial charge is 0 e. The molecule has 0 saturated heterocycles. The van der Waals surface area contributed by atoms with Crippen LogP contribution < -0.4 is 0 Å². The van der Waals surface area contributed by atoms with Gasteiger partial charge in [-0.15, -0.1) is 0 Å². The van der Waals surface area contributed by atoms with Crippen molar-refractivity contribution >= 4 is 18.9 Å². The minimum atomic E-state index is 0. The van der Waals surface area contributed by atoms with Crippen LogP contribution in [-0.4, -0.2) is 18.9 Å². The Labute approximate surface area is 97.2 Å². The number of aryl methyl sites for hydroxylation is 1. The first-order chi connectivity index (χ1) is 6.38. The second-order valence-electron chi connectivity index (χ2n) is 3.18. The normalized spacial score (nSPS) is 9.21. The molecule has 0 aliphatic rings. The quantitative estimate of drug-likeness (QED) is 0.583. The van der Waals surface area contributed by atoms with Gasteiger partial charge in [-0.1, -0.05) is 54.6 Å². The standard InChI is InChI=1S/C13H12.Li/c1-11-7-5-6-10-13(11)12-8-3-2-4-9-12;/h2-10H,1H3;. The number of hydrogen-bond donors (Lipinski definition) is 0. The van der Waals surface area contributed by atoms with Gasteiger partial charge in [0.2, 0.25) is 0 Å². The fraction of sp³-hybridized carbons (Fsp3) is 0.0769. The van der Waals surface area contributed by atoms with Crippen LogP contribution in [0.15, 0.2) is 54.6 Å². The van der Waals surface area contributed by atoms with Crippen molar-refractivity contribution in [2.24, 2.45) is 0 Å². The molecule has 0 atom stereocenters. The summed E-state index contributed by atoms with van der Waals surface area (Å²) in [6.07, 6.45) is 0. The molecule has 1 radical (unpaired) electrons. The van der Waals surface area contributed by atoms with E-state index in [1.165, 1.54) is 16.7 Å². The van der Waals surface area contributed by atoms with E-state index in [9.17, 15) is 0 Å². The van der Waals surface area contributed by atoms with Crippen LogP contribution >= 0.6 is 0 Å². The third-order valence-corrected chi connectivity index (χ3v) is 2.23. The summed E-state index contributed by atoms with van der Waals surface area (Å²) in [4.78, 5) is 0. The van der Waals surface area contributed by atoms with Crippen molar-refractivity contribution < 1.29 is 0 Å². The predicted molar refractivity (Wildman–Crippen MR) is 62.4 cm³/mol. The zero-order valence-corrected chi connectivity index (χ0v) is 8.70. The van der Waals surface area contributed by atoms with Crippen molar-refractivity contribution in [2.45, 2.75) is 6.92 Å². The minimum Gasteiger partial charge on any atom is -0.0622 e. The number of hydrogen-bond acceptors (Lipinski definition) is 0. The van der Waals surface area contributed by atoms with Gasteiger partial charge in [-0.3, -0.25) is 0 Å². The van der Waals surface area contributed by atoms with E-state index in [2.05, 4.69) is 55.5 Å². The molecule has 0 nitrogen and oxygen atoms in total. The van der Waals surface area contributed by atoms with Crippen LogP contribution in [0.3, 0.4) is 0 Å². The Morgan fingerprint density at radius 2 is 1.29 bits per heavy atom. The van der Waals surface area contributed by atoms with Crippen LogP contribution in [-0.2, 0) is 0 Å². The monoisotopic (exact) mass is 175 g/mol. The maximum absolute atomic E-state index is 2.16. The maximum atomic E-state index is 2.16. The molecule has 0 amide bonds. The van der Waals surface area contributed by atoms with E-state index in [4.69, 9.17) is 0 Å². The van der Waals surface area contributed by atoms with E-state index in [-0.39, 0.29) is 18.9 Å². The van der Waals surface area contributed by atoms with Gasteiger partial charge >= 0.3 is 0 Å². The van der Waals surface area contributed by atoms with Crippen LogP contribution in [0.25, 0.3) is 11.1 Å². The van der Waals surface area contributed by atoms with Gasteiger partial charge in [-0.25, -0.2) is 0 Å². The van der Waals surface area contributed by atoms with Crippen molar-refractivity contribution in [1.29, 1.82) is 0 Å². The van der Waals surface area contributed by atoms with Crippen molar-refractivity contribution in [3.63, 3.8) is 0 Å². The average Bonchev–Trinajstić information content (AvgIpc) is 2.20. The molecular formula is C13H12Li. The van der Waals surface area contributed by atoms with Gasteiger partial charge < -0.3 is 0 Å². The van der Waals surface area contributed by atoms with E-state index in [1.807, 2.05) is 6.07 Å². The summed E-state index contributed by atoms with van der Waals surface area (Å²) in [6.45, 7) is 2.14. The van der Waals surface area contributed by atoms with E-state index >= 15 is 0 Å². The maximum Gasteiger partial charge on any atom is 0 e. The molecule has 0 bridgehead atoms. The Balaban J connectivity index is 0.000000980. The minimum absolute atomic E-state index is 0. The van der Waals surface area contributed by atoms with Crippen LogP contribution in [0, 0.1) is 6.92 Å². The van der Waals surface area contributed by atoms with E-state index in [0.717, 1.165) is 0 Å². The summed E-state index contributed by atoms with van der Waals surface area (Å²) in [5.41, 5.74) is 3.94. The van der Waals surface area contributed by atoms with Crippen molar-refractivity contribution in [1.82, 2.24) is 0 Å². The van der Waals surface area contributed by atoms with Crippen LogP contribution in [0.2, 0.25) is 0 Å². The molecule has 2 aromatic rings. The SMILES string of the molecule is Cc1ccccc1-c1ccccc1.[Li]. The van der Waals surface area contributed by atoms with Crippen molar-refractivity contribution in [3.05, 3.63) is 60.2 Å². The molecule has 0 aromatic heterocycles. The van der Waals surface area contributed by atoms with Gasteiger partial charge in [0.25, 0.3) is 0 Å². The molecule has 14 heavy (non-hydrogen) atoms. The van der Waals surface area contributed by atoms with Gasteiger partial charge in [0.15, 0.2) is 0 Å². The van der Waals surface area contributed by atoms with Crippen LogP contribution in [0.4, 0.5) is 0 Å². The topological polar surface area (TPSA) is 0 Å². The first-order valence-electron chi connectivity index (χ1n) is 4.49. The van der Waals surface area contributed by atoms with Crippen LogP contribution in [0.5, 0.6) is 0 Å². The van der Waals surface area contributed by atoms with Crippen molar-refractivity contribution in [3.8, 4) is 11.1 Å². The molecule has 0 heterocycles. The Morgan fingerprint density at radius 3 is 1.93 bits per heavy atom. The molecule has 0 aliphatic carbocycles. The zero-order chi connectivity index (χ0) is 9.10. The van der Waals surface area contributed by atoms with E-state index in [0.29, 0.717) is 0 Å². The largest absolute Gasteiger partial charge is 0.0622 e. The molecule has 2 aromatic carbocycles. The summed E-state index contributed by atoms with van der Waals surface area (Å²) in [5, 5.41) is 0. The molecule has 0 aliphatic heterocycles. The summed E-state index contributed by atoms with van der Waals surface area (Å²) in [6, 6.07) is 18.9. The van der Waals surface area contributed by atoms with E-state index < -0.39 is 0 Å².